The third-order valence-electron chi connectivity index (χ3n) is 2.36. The topological polar surface area (TPSA) is 92.4 Å². The van der Waals surface area contributed by atoms with Gasteiger partial charge in [0.25, 0.3) is 0 Å². The number of carbonyl (C=O) groups excluding carboxylic acids is 1. The quantitative estimate of drug-likeness (QED) is 0.693. The van der Waals surface area contributed by atoms with Gasteiger partial charge in [0.2, 0.25) is 5.91 Å². The summed E-state index contributed by atoms with van der Waals surface area (Å²) < 4.78 is 7.15. The van der Waals surface area contributed by atoms with Crippen LogP contribution in [0.2, 0.25) is 1.41 Å². The predicted octanol–water partition coefficient (Wildman–Crippen LogP) is 1.01. The average molecular weight is 268 g/mol. The molecule has 17 heavy (non-hydrogen) atoms. The van der Waals surface area contributed by atoms with Gasteiger partial charge in [-0.3, -0.25) is 4.79 Å². The molecule has 0 rings (SSSR count). The molecule has 0 aliphatic heterocycles. The monoisotopic (exact) mass is 267 g/mol. The Bertz CT molecular complexity index is 293. The van der Waals surface area contributed by atoms with Crippen LogP contribution < -0.4 is 11.0 Å². The minimum atomic E-state index is -1.06. The van der Waals surface area contributed by atoms with Crippen LogP contribution >= 0.6 is 12.4 Å². The molecule has 2 atom stereocenters. The molecular formula is C11H23ClN2O3. The molecule has 0 aliphatic carbocycles. The van der Waals surface area contributed by atoms with Gasteiger partial charge in [0.15, 0.2) is 0 Å². The van der Waals surface area contributed by atoms with E-state index in [0.29, 0.717) is 0 Å². The van der Waals surface area contributed by atoms with E-state index >= 15 is 0 Å². The van der Waals surface area contributed by atoms with E-state index in [1.54, 1.807) is 13.8 Å². The lowest BCUT2D eigenvalue weighted by Crippen LogP contribution is -2.54. The highest BCUT2D eigenvalue weighted by Gasteiger charge is 2.31. The summed E-state index contributed by atoms with van der Waals surface area (Å²) in [4.78, 5) is 22.8. The van der Waals surface area contributed by atoms with E-state index < -0.39 is 29.4 Å². The molecule has 4 N–H and O–H groups in total. The maximum atomic E-state index is 11.9. The van der Waals surface area contributed by atoms with Crippen molar-refractivity contribution in [2.45, 2.75) is 46.7 Å². The first-order valence-electron chi connectivity index (χ1n) is 5.81. The Balaban J connectivity index is 0. The molecule has 0 saturated carbocycles. The van der Waals surface area contributed by atoms with E-state index in [1.807, 2.05) is 20.8 Å². The van der Waals surface area contributed by atoms with Crippen molar-refractivity contribution in [3.63, 3.8) is 0 Å². The first-order valence-corrected chi connectivity index (χ1v) is 5.31. The van der Waals surface area contributed by atoms with E-state index in [1.165, 1.54) is 0 Å². The van der Waals surface area contributed by atoms with Crippen molar-refractivity contribution < 1.29 is 16.1 Å². The second-order valence-corrected chi connectivity index (χ2v) is 5.37. The number of halogens is 1. The van der Waals surface area contributed by atoms with E-state index in [4.69, 9.17) is 6.52 Å². The zero-order valence-electron chi connectivity index (χ0n) is 11.9. The van der Waals surface area contributed by atoms with Gasteiger partial charge in [-0.15, -0.1) is 12.4 Å². The predicted molar refractivity (Wildman–Crippen MR) is 69.1 cm³/mol. The summed E-state index contributed by atoms with van der Waals surface area (Å²) in [5.41, 5.74) is 1.72. The second kappa shape index (κ2) is 6.81. The molecule has 102 valence electrons. The number of carboxylic acid groups (broad SMARTS) is 1. The maximum absolute atomic E-state index is 11.9. The Morgan fingerprint density at radius 1 is 1.35 bits per heavy atom. The molecule has 1 amide bonds. The fraction of sp³-hybridized carbons (Fsp3) is 0.818. The number of hydrogen-bond donors (Lipinski definition) is 3. The fourth-order valence-electron chi connectivity index (χ4n) is 1.14. The lowest BCUT2D eigenvalue weighted by atomic mass is 9.86. The number of aliphatic carboxylic acids is 1. The molecule has 1 unspecified atom stereocenters. The highest BCUT2D eigenvalue weighted by atomic mass is 35.5. The summed E-state index contributed by atoms with van der Waals surface area (Å²) in [6, 6.07) is -1.68. The van der Waals surface area contributed by atoms with E-state index in [0.717, 1.165) is 0 Å². The van der Waals surface area contributed by atoms with Crippen LogP contribution in [0.5, 0.6) is 0 Å². The fourth-order valence-corrected chi connectivity index (χ4v) is 1.14. The van der Waals surface area contributed by atoms with Gasteiger partial charge in [0, 0.05) is 0 Å². The molecule has 0 fully saturated rings. The Kier molecular flexibility index (Phi) is 6.49. The molecule has 5 nitrogen and oxygen atoms in total. The lowest BCUT2D eigenvalue weighted by molar-refractivity contribution is -0.143. The van der Waals surface area contributed by atoms with Crippen molar-refractivity contribution in [2.24, 2.45) is 17.1 Å². The third kappa shape index (κ3) is 5.89. The van der Waals surface area contributed by atoms with E-state index in [9.17, 15) is 9.59 Å². The maximum Gasteiger partial charge on any atom is 0.326 e. The van der Waals surface area contributed by atoms with Crippen LogP contribution in [-0.4, -0.2) is 29.1 Å². The summed E-state index contributed by atoms with van der Waals surface area (Å²) in [6.45, 7) is 8.87. The molecule has 6 heteroatoms. The van der Waals surface area contributed by atoms with Gasteiger partial charge in [-0.2, -0.15) is 0 Å². The zero-order valence-corrected chi connectivity index (χ0v) is 11.7. The number of carboxylic acids is 1. The van der Waals surface area contributed by atoms with Crippen LogP contribution in [0.4, 0.5) is 0 Å². The molecule has 0 aliphatic rings. The van der Waals surface area contributed by atoms with Crippen molar-refractivity contribution >= 4 is 24.3 Å². The highest BCUT2D eigenvalue weighted by molar-refractivity contribution is 5.87. The average Bonchev–Trinajstić information content (AvgIpc) is 2.11. The first kappa shape index (κ1) is 16.2. The molecule has 0 aromatic heterocycles. The van der Waals surface area contributed by atoms with E-state index in [-0.39, 0.29) is 18.3 Å². The number of nitrogens with two attached hydrogens (primary N) is 1. The number of hydrogen-bond acceptors (Lipinski definition) is 3. The molecule has 0 spiro atoms. The van der Waals surface area contributed by atoms with Crippen molar-refractivity contribution in [2.75, 3.05) is 0 Å². The van der Waals surface area contributed by atoms with Gasteiger partial charge in [0.1, 0.15) is 7.45 Å². The van der Waals surface area contributed by atoms with Crippen molar-refractivity contribution in [3.05, 3.63) is 0 Å². The summed E-state index contributed by atoms with van der Waals surface area (Å²) in [5.74, 6) is -1.73. The van der Waals surface area contributed by atoms with Crippen molar-refractivity contribution in [3.8, 4) is 0 Å². The Labute approximate surface area is 110 Å². The van der Waals surface area contributed by atoms with Crippen LogP contribution in [-0.2, 0) is 9.59 Å². The van der Waals surface area contributed by atoms with Gasteiger partial charge in [-0.1, -0.05) is 34.6 Å². The molecule has 0 aromatic rings. The minimum absolute atomic E-state index is 0. The zero-order chi connectivity index (χ0) is 13.8. The van der Waals surface area contributed by atoms with Gasteiger partial charge in [0.05, 0.1) is 6.04 Å². The largest absolute Gasteiger partial charge is 0.480 e. The summed E-state index contributed by atoms with van der Waals surface area (Å²) in [7, 11) is 0. The van der Waals surface area contributed by atoms with Crippen molar-refractivity contribution in [1.82, 2.24) is 5.32 Å². The van der Waals surface area contributed by atoms with Gasteiger partial charge < -0.3 is 16.2 Å². The summed E-state index contributed by atoms with van der Waals surface area (Å²) in [5, 5.41) is 11.4. The van der Waals surface area contributed by atoms with Crippen LogP contribution in [0.15, 0.2) is 0 Å². The molecule has 0 heterocycles. The number of nitrogens with one attached hydrogen (secondary N) is 1. The van der Waals surface area contributed by atoms with Crippen LogP contribution in [0, 0.1) is 11.3 Å². The normalized spacial score (nSPS) is 15.5. The molecule has 0 aromatic carbocycles. The summed E-state index contributed by atoms with van der Waals surface area (Å²) >= 11 is 0. The summed E-state index contributed by atoms with van der Waals surface area (Å²) in [6.07, 6.45) is 0. The highest BCUT2D eigenvalue weighted by Crippen LogP contribution is 2.17. The minimum Gasteiger partial charge on any atom is -0.480 e. The van der Waals surface area contributed by atoms with Gasteiger partial charge >= 0.3 is 5.97 Å². The van der Waals surface area contributed by atoms with Crippen LogP contribution in [0.25, 0.3) is 0 Å². The van der Waals surface area contributed by atoms with Gasteiger partial charge in [-0.05, 0) is 11.3 Å². The van der Waals surface area contributed by atoms with Gasteiger partial charge in [-0.25, -0.2) is 4.79 Å². The van der Waals surface area contributed by atoms with Crippen LogP contribution in [0.1, 0.15) is 34.6 Å². The lowest BCUT2D eigenvalue weighted by Gasteiger charge is -2.28. The van der Waals surface area contributed by atoms with Crippen LogP contribution in [0.3, 0.4) is 0 Å². The second-order valence-electron chi connectivity index (χ2n) is 5.37. The third-order valence-corrected chi connectivity index (χ3v) is 2.36. The van der Waals surface area contributed by atoms with Crippen molar-refractivity contribution in [1.29, 1.82) is 0 Å². The molecule has 0 radical (unpaired) electrons. The smallest absolute Gasteiger partial charge is 0.326 e. The number of amides is 1. The Hall–Kier alpha value is -0.810. The van der Waals surface area contributed by atoms with E-state index in [2.05, 4.69) is 11.0 Å². The standard InChI is InChI=1S/C11H22N2O3.ClH/c1-6(2)7(10(15)16)13-9(14)8(12)11(3,4)5;/h6-8H,12H2,1-5H3,(H,13,14)(H,15,16);1H/t7-,8?;/m0./s1/i/hD. The SMILES string of the molecule is Cl.[2H]NC(C(=O)N[C@H](C(=O)O)C(C)C)C(C)(C)C. The molecule has 0 saturated heterocycles. The Morgan fingerprint density at radius 2 is 1.82 bits per heavy atom. The Morgan fingerprint density at radius 3 is 2.06 bits per heavy atom. The number of rotatable bonds is 5. The molecular weight excluding hydrogens is 244 g/mol. The number of carbonyl (C=O) groups is 2. The molecule has 0 bridgehead atoms. The first-order chi connectivity index (χ1) is 7.61.